The molecule has 0 radical (unpaired) electrons. The van der Waals surface area contributed by atoms with Gasteiger partial charge < -0.3 is 0 Å². The molecule has 0 heterocycles. The first-order valence-corrected chi connectivity index (χ1v) is 13.4. The summed E-state index contributed by atoms with van der Waals surface area (Å²) in [4.78, 5) is 0. The van der Waals surface area contributed by atoms with E-state index in [2.05, 4.69) is 39.3 Å². The lowest BCUT2D eigenvalue weighted by atomic mass is 9.99. The van der Waals surface area contributed by atoms with Crippen LogP contribution in [0, 0.1) is 0 Å². The van der Waals surface area contributed by atoms with Gasteiger partial charge in [-0.1, -0.05) is 65.0 Å². The van der Waals surface area contributed by atoms with Crippen LogP contribution in [-0.4, -0.2) is 16.1 Å². The Balaban J connectivity index is 2.47. The van der Waals surface area contributed by atoms with Crippen molar-refractivity contribution in [1.29, 1.82) is 0 Å². The van der Waals surface area contributed by atoms with Crippen molar-refractivity contribution in [3.05, 3.63) is 0 Å². The molecule has 0 spiro atoms. The fourth-order valence-corrected chi connectivity index (χ4v) is 6.96. The van der Waals surface area contributed by atoms with Crippen LogP contribution >= 0.6 is 0 Å². The number of rotatable bonds is 2. The zero-order valence-corrected chi connectivity index (χ0v) is 13.0. The highest BCUT2D eigenvalue weighted by molar-refractivity contribution is 6.78. The van der Waals surface area contributed by atoms with Crippen molar-refractivity contribution >= 4 is 16.1 Å². The highest BCUT2D eigenvalue weighted by Gasteiger charge is 2.35. The summed E-state index contributed by atoms with van der Waals surface area (Å²) in [5.41, 5.74) is 2.24. The lowest BCUT2D eigenvalue weighted by Gasteiger charge is -2.40. The molecule has 0 amide bonds. The van der Waals surface area contributed by atoms with E-state index in [4.69, 9.17) is 0 Å². The van der Waals surface area contributed by atoms with Crippen LogP contribution in [0.1, 0.15) is 25.7 Å². The Kier molecular flexibility index (Phi) is 3.69. The van der Waals surface area contributed by atoms with Gasteiger partial charge >= 0.3 is 0 Å². The van der Waals surface area contributed by atoms with Gasteiger partial charge in [-0.3, -0.25) is 0 Å². The third-order valence-corrected chi connectivity index (χ3v) is 10.2. The molecule has 14 heavy (non-hydrogen) atoms. The maximum atomic E-state index is 2.55. The quantitative estimate of drug-likeness (QED) is 0.585. The standard InChI is InChI=1S/C12H28Si2/c1-13(2,3)11-7-9-12(10-8-11)14(4,5)6/h11-12H,7-10H2,1-6H3. The van der Waals surface area contributed by atoms with Crippen LogP contribution in [0.2, 0.25) is 50.4 Å². The minimum Gasteiger partial charge on any atom is -0.0693 e. The highest BCUT2D eigenvalue weighted by atomic mass is 28.3. The first-order valence-electron chi connectivity index (χ1n) is 6.21. The summed E-state index contributed by atoms with van der Waals surface area (Å²) in [6, 6.07) is 0. The van der Waals surface area contributed by atoms with E-state index >= 15 is 0 Å². The predicted molar refractivity (Wildman–Crippen MR) is 72.7 cm³/mol. The van der Waals surface area contributed by atoms with Crippen molar-refractivity contribution in [3.8, 4) is 0 Å². The summed E-state index contributed by atoms with van der Waals surface area (Å²) in [5, 5.41) is 0. The van der Waals surface area contributed by atoms with E-state index < -0.39 is 16.1 Å². The first-order chi connectivity index (χ1) is 6.21. The Bertz CT molecular complexity index is 155. The molecule has 1 rings (SSSR count). The van der Waals surface area contributed by atoms with Gasteiger partial charge in [-0.2, -0.15) is 0 Å². The summed E-state index contributed by atoms with van der Waals surface area (Å²) < 4.78 is 0. The maximum absolute atomic E-state index is 2.55. The minimum atomic E-state index is -0.830. The molecule has 0 aliphatic heterocycles. The first kappa shape index (κ1) is 12.5. The van der Waals surface area contributed by atoms with Gasteiger partial charge in [-0.05, 0) is 11.1 Å². The average Bonchev–Trinajstić information content (AvgIpc) is 2.01. The number of hydrogen-bond acceptors (Lipinski definition) is 0. The van der Waals surface area contributed by atoms with Gasteiger partial charge in [0, 0.05) is 16.1 Å². The average molecular weight is 229 g/mol. The van der Waals surface area contributed by atoms with Crippen molar-refractivity contribution < 1.29 is 0 Å². The Labute approximate surface area is 92.5 Å². The summed E-state index contributed by atoms with van der Waals surface area (Å²) in [6.07, 6.45) is 6.19. The Morgan fingerprint density at radius 2 is 0.786 bits per heavy atom. The maximum Gasteiger partial charge on any atom is 0.0473 e. The smallest absolute Gasteiger partial charge is 0.0473 e. The summed E-state index contributed by atoms with van der Waals surface area (Å²) in [5.74, 6) is 0. The van der Waals surface area contributed by atoms with Crippen LogP contribution in [0.15, 0.2) is 0 Å². The monoisotopic (exact) mass is 228 g/mol. The van der Waals surface area contributed by atoms with Crippen molar-refractivity contribution in [2.45, 2.75) is 76.0 Å². The summed E-state index contributed by atoms with van der Waals surface area (Å²) in [6.45, 7) is 15.3. The van der Waals surface area contributed by atoms with Gasteiger partial charge in [0.2, 0.25) is 0 Å². The molecule has 0 atom stereocenters. The Morgan fingerprint density at radius 1 is 0.571 bits per heavy atom. The molecule has 1 saturated carbocycles. The van der Waals surface area contributed by atoms with Crippen LogP contribution in [0.3, 0.4) is 0 Å². The van der Waals surface area contributed by atoms with E-state index in [0.29, 0.717) is 0 Å². The third-order valence-electron chi connectivity index (χ3n) is 4.18. The van der Waals surface area contributed by atoms with E-state index in [9.17, 15) is 0 Å². The zero-order valence-electron chi connectivity index (χ0n) is 11.0. The molecule has 0 bridgehead atoms. The molecule has 1 fully saturated rings. The topological polar surface area (TPSA) is 0 Å². The van der Waals surface area contributed by atoms with Crippen molar-refractivity contribution in [1.82, 2.24) is 0 Å². The molecule has 1 aliphatic rings. The van der Waals surface area contributed by atoms with Crippen LogP contribution in [0.4, 0.5) is 0 Å². The fraction of sp³-hybridized carbons (Fsp3) is 1.00. The lowest BCUT2D eigenvalue weighted by Crippen LogP contribution is -2.35. The second-order valence-corrected chi connectivity index (χ2v) is 18.4. The van der Waals surface area contributed by atoms with E-state index in [1.165, 1.54) is 0 Å². The molecule has 0 nitrogen and oxygen atoms in total. The molecule has 2 heteroatoms. The van der Waals surface area contributed by atoms with Gasteiger partial charge in [0.05, 0.1) is 0 Å². The van der Waals surface area contributed by atoms with Gasteiger partial charge in [0.15, 0.2) is 0 Å². The largest absolute Gasteiger partial charge is 0.0693 e. The van der Waals surface area contributed by atoms with E-state index in [0.717, 1.165) is 11.1 Å². The lowest BCUT2D eigenvalue weighted by molar-refractivity contribution is 0.482. The second-order valence-electron chi connectivity index (χ2n) is 7.28. The normalized spacial score (nSPS) is 30.4. The molecule has 0 aromatic rings. The predicted octanol–water partition coefficient (Wildman–Crippen LogP) is 4.98. The molecule has 0 saturated heterocycles. The second kappa shape index (κ2) is 4.13. The van der Waals surface area contributed by atoms with E-state index in [1.807, 2.05) is 0 Å². The zero-order chi connectivity index (χ0) is 11.0. The molecule has 84 valence electrons. The van der Waals surface area contributed by atoms with Crippen LogP contribution < -0.4 is 0 Å². The molecule has 0 unspecified atom stereocenters. The van der Waals surface area contributed by atoms with Crippen molar-refractivity contribution in [2.24, 2.45) is 0 Å². The van der Waals surface area contributed by atoms with Crippen LogP contribution in [-0.2, 0) is 0 Å². The third kappa shape index (κ3) is 3.23. The molecule has 0 aromatic carbocycles. The molecule has 0 aromatic heterocycles. The van der Waals surface area contributed by atoms with Crippen molar-refractivity contribution in [3.63, 3.8) is 0 Å². The summed E-state index contributed by atoms with van der Waals surface area (Å²) >= 11 is 0. The Hall–Kier alpha value is 0.434. The Morgan fingerprint density at radius 3 is 0.929 bits per heavy atom. The van der Waals surface area contributed by atoms with Crippen molar-refractivity contribution in [2.75, 3.05) is 0 Å². The van der Waals surface area contributed by atoms with E-state index in [1.54, 1.807) is 25.7 Å². The summed E-state index contributed by atoms with van der Waals surface area (Å²) in [7, 11) is -1.66. The molecular formula is C12H28Si2. The van der Waals surface area contributed by atoms with Gasteiger partial charge in [0.25, 0.3) is 0 Å². The SMILES string of the molecule is C[Si](C)(C)C1CCC([Si](C)(C)C)CC1. The number of hydrogen-bond donors (Lipinski definition) is 0. The van der Waals surface area contributed by atoms with Crippen LogP contribution in [0.25, 0.3) is 0 Å². The fourth-order valence-electron chi connectivity index (χ4n) is 2.83. The molecular weight excluding hydrogens is 200 g/mol. The van der Waals surface area contributed by atoms with Gasteiger partial charge in [0.1, 0.15) is 0 Å². The highest BCUT2D eigenvalue weighted by Crippen LogP contribution is 2.45. The minimum absolute atomic E-state index is 0.830. The van der Waals surface area contributed by atoms with Gasteiger partial charge in [-0.25, -0.2) is 0 Å². The van der Waals surface area contributed by atoms with Gasteiger partial charge in [-0.15, -0.1) is 0 Å². The molecule has 0 N–H and O–H groups in total. The van der Waals surface area contributed by atoms with Crippen LogP contribution in [0.5, 0.6) is 0 Å². The van der Waals surface area contributed by atoms with E-state index in [-0.39, 0.29) is 0 Å². The molecule has 1 aliphatic carbocycles.